The predicted octanol–water partition coefficient (Wildman–Crippen LogP) is 13.9. The fourth-order valence-electron chi connectivity index (χ4n) is 7.05. The molecule has 0 amide bonds. The van der Waals surface area contributed by atoms with Crippen molar-refractivity contribution in [3.8, 4) is 0 Å². The Morgan fingerprint density at radius 2 is 0.373 bits per heavy atom. The second-order valence-electron chi connectivity index (χ2n) is 15.7. The molecule has 0 fully saturated rings. The van der Waals surface area contributed by atoms with E-state index in [0.29, 0.717) is 0 Å². The van der Waals surface area contributed by atoms with Crippen LogP contribution in [-0.4, -0.2) is 11.9 Å². The first-order valence-electron chi connectivity index (χ1n) is 22.9. The van der Waals surface area contributed by atoms with Crippen molar-refractivity contribution in [2.45, 2.75) is 284 Å². The van der Waals surface area contributed by atoms with E-state index in [1.54, 1.807) is 0 Å². The van der Waals surface area contributed by atoms with Crippen LogP contribution in [0.1, 0.15) is 284 Å². The minimum absolute atomic E-state index is 0. The SMILES string of the molecule is CCCCCCCCCCCCCCCCCCCCCCC(=O)[O-].CCCCCCCCCCCCCCCCCCCCCCC(=O)[O-].[Ni+2]. The van der Waals surface area contributed by atoms with Gasteiger partial charge in [0.15, 0.2) is 0 Å². The monoisotopic (exact) mass is 765 g/mol. The van der Waals surface area contributed by atoms with Crippen LogP contribution in [0.5, 0.6) is 0 Å². The first kappa shape index (κ1) is 54.8. The number of carbonyl (C=O) groups is 2. The summed E-state index contributed by atoms with van der Waals surface area (Å²) >= 11 is 0. The normalized spacial score (nSPS) is 10.9. The molecule has 0 aromatic rings. The van der Waals surface area contributed by atoms with Crippen LogP contribution in [0.3, 0.4) is 0 Å². The van der Waals surface area contributed by atoms with Gasteiger partial charge >= 0.3 is 16.5 Å². The number of carbonyl (C=O) groups excluding carboxylic acids is 2. The zero-order valence-corrected chi connectivity index (χ0v) is 35.6. The third kappa shape index (κ3) is 59.0. The van der Waals surface area contributed by atoms with Crippen LogP contribution in [0.25, 0.3) is 0 Å². The van der Waals surface area contributed by atoms with Crippen molar-refractivity contribution in [3.05, 3.63) is 0 Å². The first-order valence-corrected chi connectivity index (χ1v) is 22.9. The molecule has 0 heterocycles. The van der Waals surface area contributed by atoms with Crippen molar-refractivity contribution in [2.75, 3.05) is 0 Å². The number of hydrogen-bond donors (Lipinski definition) is 0. The van der Waals surface area contributed by atoms with Gasteiger partial charge in [0.1, 0.15) is 0 Å². The van der Waals surface area contributed by atoms with Crippen molar-refractivity contribution in [3.63, 3.8) is 0 Å². The van der Waals surface area contributed by atoms with Gasteiger partial charge in [-0.25, -0.2) is 0 Å². The number of carboxylic acids is 2. The maximum Gasteiger partial charge on any atom is 2.00 e. The molecular formula is C46H90NiO4. The summed E-state index contributed by atoms with van der Waals surface area (Å²) in [5, 5.41) is 20.6. The van der Waals surface area contributed by atoms with Gasteiger partial charge in [-0.05, 0) is 25.7 Å². The fourth-order valence-corrected chi connectivity index (χ4v) is 7.05. The van der Waals surface area contributed by atoms with E-state index in [0.717, 1.165) is 25.7 Å². The molecule has 0 radical (unpaired) electrons. The Morgan fingerprint density at radius 3 is 0.490 bits per heavy atom. The quantitative estimate of drug-likeness (QED) is 0.0458. The fraction of sp³-hybridized carbons (Fsp3) is 0.957. The van der Waals surface area contributed by atoms with Crippen molar-refractivity contribution in [1.82, 2.24) is 0 Å². The van der Waals surface area contributed by atoms with Crippen LogP contribution in [0, 0.1) is 0 Å². The summed E-state index contributed by atoms with van der Waals surface area (Å²) in [5.41, 5.74) is 0. The molecule has 5 heteroatoms. The van der Waals surface area contributed by atoms with E-state index in [1.165, 1.54) is 231 Å². The molecule has 0 rings (SSSR count). The second kappa shape index (κ2) is 51.5. The van der Waals surface area contributed by atoms with E-state index in [9.17, 15) is 19.8 Å². The Balaban J connectivity index is -0.000000886. The van der Waals surface area contributed by atoms with Crippen molar-refractivity contribution in [1.29, 1.82) is 0 Å². The molecule has 0 N–H and O–H groups in total. The van der Waals surface area contributed by atoms with E-state index in [1.807, 2.05) is 0 Å². The van der Waals surface area contributed by atoms with Gasteiger partial charge in [0, 0.05) is 11.9 Å². The molecule has 0 aliphatic heterocycles. The molecule has 0 aliphatic carbocycles. The first-order chi connectivity index (χ1) is 24.5. The van der Waals surface area contributed by atoms with E-state index in [-0.39, 0.29) is 29.3 Å². The molecule has 308 valence electrons. The average Bonchev–Trinajstić information content (AvgIpc) is 3.10. The standard InChI is InChI=1S/2C23H46O2.Ni/c2*1-2-3-4-5-6-7-8-9-10-11-12-13-14-15-16-17-18-19-20-21-22-23(24)25;/h2*2-22H2,1H3,(H,24,25);/q;;+2/p-2. The van der Waals surface area contributed by atoms with Crippen LogP contribution in [-0.2, 0) is 26.1 Å². The summed E-state index contributed by atoms with van der Waals surface area (Å²) in [5.74, 6) is -1.80. The average molecular weight is 766 g/mol. The Hall–Kier alpha value is -0.566. The van der Waals surface area contributed by atoms with Gasteiger partial charge in [-0.15, -0.1) is 0 Å². The summed E-state index contributed by atoms with van der Waals surface area (Å²) < 4.78 is 0. The summed E-state index contributed by atoms with van der Waals surface area (Å²) in [6, 6.07) is 0. The topological polar surface area (TPSA) is 80.3 Å². The molecule has 0 bridgehead atoms. The van der Waals surface area contributed by atoms with Crippen molar-refractivity contribution in [2.24, 2.45) is 0 Å². The molecule has 0 aromatic heterocycles. The number of carboxylic acid groups (broad SMARTS) is 2. The summed E-state index contributed by atoms with van der Waals surface area (Å²) in [4.78, 5) is 20.6. The van der Waals surface area contributed by atoms with Crippen LogP contribution < -0.4 is 10.2 Å². The number of rotatable bonds is 42. The molecule has 0 saturated heterocycles. The van der Waals surface area contributed by atoms with Crippen LogP contribution in [0.2, 0.25) is 0 Å². The Labute approximate surface area is 330 Å². The minimum atomic E-state index is -0.901. The maximum atomic E-state index is 10.3. The van der Waals surface area contributed by atoms with Gasteiger partial charge in [0.2, 0.25) is 0 Å². The third-order valence-electron chi connectivity index (χ3n) is 10.5. The molecule has 51 heavy (non-hydrogen) atoms. The van der Waals surface area contributed by atoms with Crippen LogP contribution in [0.15, 0.2) is 0 Å². The van der Waals surface area contributed by atoms with Gasteiger partial charge in [-0.2, -0.15) is 0 Å². The number of hydrogen-bond acceptors (Lipinski definition) is 4. The van der Waals surface area contributed by atoms with Gasteiger partial charge in [-0.3, -0.25) is 0 Å². The molecule has 0 aromatic carbocycles. The van der Waals surface area contributed by atoms with Gasteiger partial charge in [0.05, 0.1) is 0 Å². The zero-order valence-electron chi connectivity index (χ0n) is 34.6. The predicted molar refractivity (Wildman–Crippen MR) is 215 cm³/mol. The largest absolute Gasteiger partial charge is 2.00 e. The summed E-state index contributed by atoms with van der Waals surface area (Å²) in [7, 11) is 0. The molecule has 4 nitrogen and oxygen atoms in total. The van der Waals surface area contributed by atoms with E-state index in [4.69, 9.17) is 0 Å². The Morgan fingerprint density at radius 1 is 0.255 bits per heavy atom. The summed E-state index contributed by atoms with van der Waals surface area (Å²) in [6.45, 7) is 4.57. The molecule has 0 spiro atoms. The minimum Gasteiger partial charge on any atom is -0.550 e. The summed E-state index contributed by atoms with van der Waals surface area (Å²) in [6.07, 6.45) is 54.4. The molecule has 0 unspecified atom stereocenters. The Bertz CT molecular complexity index is 587. The van der Waals surface area contributed by atoms with E-state index < -0.39 is 11.9 Å². The third-order valence-corrected chi connectivity index (χ3v) is 10.5. The Kier molecular flexibility index (Phi) is 55.4. The van der Waals surface area contributed by atoms with Gasteiger partial charge < -0.3 is 19.8 Å². The van der Waals surface area contributed by atoms with E-state index in [2.05, 4.69) is 13.8 Å². The van der Waals surface area contributed by atoms with Gasteiger partial charge in [0.25, 0.3) is 0 Å². The van der Waals surface area contributed by atoms with Crippen LogP contribution >= 0.6 is 0 Å². The van der Waals surface area contributed by atoms with Crippen molar-refractivity contribution < 1.29 is 36.3 Å². The molecule has 0 aliphatic rings. The zero-order chi connectivity index (χ0) is 36.9. The van der Waals surface area contributed by atoms with Crippen LogP contribution in [0.4, 0.5) is 0 Å². The van der Waals surface area contributed by atoms with Crippen molar-refractivity contribution >= 4 is 11.9 Å². The maximum absolute atomic E-state index is 10.3. The second-order valence-corrected chi connectivity index (χ2v) is 15.7. The van der Waals surface area contributed by atoms with E-state index >= 15 is 0 Å². The molecule has 0 atom stereocenters. The smallest absolute Gasteiger partial charge is 0.550 e. The number of unbranched alkanes of at least 4 members (excludes halogenated alkanes) is 38. The van der Waals surface area contributed by atoms with Gasteiger partial charge in [-0.1, -0.05) is 258 Å². The number of aliphatic carboxylic acids is 2. The molecule has 0 saturated carbocycles. The molecular weight excluding hydrogens is 675 g/mol.